The van der Waals surface area contributed by atoms with Crippen LogP contribution in [0.15, 0.2) is 28.8 Å². The van der Waals surface area contributed by atoms with Gasteiger partial charge in [-0.15, -0.1) is 0 Å². The van der Waals surface area contributed by atoms with Crippen LogP contribution in [0.5, 0.6) is 0 Å². The summed E-state index contributed by atoms with van der Waals surface area (Å²) in [6.07, 6.45) is -4.43. The van der Waals surface area contributed by atoms with Crippen molar-refractivity contribution >= 4 is 6.03 Å². The Balaban J connectivity index is 1.66. The summed E-state index contributed by atoms with van der Waals surface area (Å²) in [4.78, 5) is 17.8. The maximum absolute atomic E-state index is 12.8. The lowest BCUT2D eigenvalue weighted by Crippen LogP contribution is -2.56. The number of amides is 2. The average molecular weight is 368 g/mol. The minimum atomic E-state index is -4.43. The van der Waals surface area contributed by atoms with Crippen LogP contribution in [0, 0.1) is 0 Å². The zero-order chi connectivity index (χ0) is 19.1. The molecule has 3 rings (SSSR count). The summed E-state index contributed by atoms with van der Waals surface area (Å²) >= 11 is 0. The van der Waals surface area contributed by atoms with E-state index >= 15 is 0 Å². The van der Waals surface area contributed by atoms with E-state index in [1.54, 1.807) is 4.90 Å². The third-order valence-electron chi connectivity index (χ3n) is 3.89. The minimum Gasteiger partial charge on any atom is -0.339 e. The predicted octanol–water partition coefficient (Wildman–Crippen LogP) is 3.66. The number of rotatable bonds is 2. The highest BCUT2D eigenvalue weighted by Crippen LogP contribution is 2.32. The van der Waals surface area contributed by atoms with Crippen molar-refractivity contribution in [3.8, 4) is 11.4 Å². The summed E-state index contributed by atoms with van der Waals surface area (Å²) < 4.78 is 43.6. The summed E-state index contributed by atoms with van der Waals surface area (Å²) in [6.45, 7) is 6.52. The summed E-state index contributed by atoms with van der Waals surface area (Å²) in [5.41, 5.74) is -0.866. The van der Waals surface area contributed by atoms with E-state index in [4.69, 9.17) is 4.52 Å². The Morgan fingerprint density at radius 2 is 1.96 bits per heavy atom. The Bertz CT molecular complexity index is 805. The van der Waals surface area contributed by atoms with E-state index in [2.05, 4.69) is 15.5 Å². The number of carbonyl (C=O) groups excluding carboxylic acids is 1. The molecule has 1 fully saturated rings. The van der Waals surface area contributed by atoms with Gasteiger partial charge in [0, 0.05) is 24.2 Å². The monoisotopic (exact) mass is 368 g/mol. The Hall–Kier alpha value is -2.58. The molecule has 6 nitrogen and oxygen atoms in total. The minimum absolute atomic E-state index is 0.101. The Kier molecular flexibility index (Phi) is 4.41. The Labute approximate surface area is 148 Å². The van der Waals surface area contributed by atoms with Crippen LogP contribution in [0.2, 0.25) is 0 Å². The van der Waals surface area contributed by atoms with Crippen molar-refractivity contribution < 1.29 is 22.5 Å². The number of nitrogens with one attached hydrogen (secondary N) is 1. The molecular formula is C17H19F3N4O2. The maximum Gasteiger partial charge on any atom is 0.416 e. The molecule has 0 unspecified atom stereocenters. The van der Waals surface area contributed by atoms with Crippen LogP contribution < -0.4 is 5.32 Å². The van der Waals surface area contributed by atoms with E-state index < -0.39 is 11.7 Å². The van der Waals surface area contributed by atoms with Crippen LogP contribution in [0.3, 0.4) is 0 Å². The second-order valence-electron chi connectivity index (χ2n) is 7.32. The van der Waals surface area contributed by atoms with Gasteiger partial charge in [0.05, 0.1) is 11.5 Å². The lowest BCUT2D eigenvalue weighted by molar-refractivity contribution is -0.137. The fourth-order valence-electron chi connectivity index (χ4n) is 2.55. The Morgan fingerprint density at radius 1 is 1.27 bits per heavy atom. The molecule has 140 valence electrons. The first-order valence-corrected chi connectivity index (χ1v) is 8.11. The SMILES string of the molecule is CC(C)(C)NC(=O)N1CC(c2nc(-c3cccc(C(F)(F)F)c3)no2)C1. The van der Waals surface area contributed by atoms with Gasteiger partial charge in [0.2, 0.25) is 11.7 Å². The van der Waals surface area contributed by atoms with Crippen LogP contribution >= 0.6 is 0 Å². The van der Waals surface area contributed by atoms with Gasteiger partial charge in [-0.3, -0.25) is 0 Å². The molecule has 2 amide bonds. The molecule has 0 spiro atoms. The number of likely N-dealkylation sites (tertiary alicyclic amines) is 1. The highest BCUT2D eigenvalue weighted by atomic mass is 19.4. The van der Waals surface area contributed by atoms with Gasteiger partial charge in [-0.25, -0.2) is 4.79 Å². The van der Waals surface area contributed by atoms with Crippen molar-refractivity contribution in [2.24, 2.45) is 0 Å². The number of nitrogens with zero attached hydrogens (tertiary/aromatic N) is 3. The molecule has 1 aromatic carbocycles. The highest BCUT2D eigenvalue weighted by molar-refractivity contribution is 5.76. The van der Waals surface area contributed by atoms with Gasteiger partial charge in [-0.05, 0) is 32.9 Å². The molecule has 1 aliphatic rings. The predicted molar refractivity (Wildman–Crippen MR) is 87.3 cm³/mol. The third kappa shape index (κ3) is 3.97. The van der Waals surface area contributed by atoms with E-state index in [1.165, 1.54) is 12.1 Å². The van der Waals surface area contributed by atoms with E-state index in [1.807, 2.05) is 20.8 Å². The zero-order valence-electron chi connectivity index (χ0n) is 14.6. The number of benzene rings is 1. The first-order chi connectivity index (χ1) is 12.0. The second kappa shape index (κ2) is 6.30. The number of hydrogen-bond acceptors (Lipinski definition) is 4. The molecule has 1 aliphatic heterocycles. The number of carbonyl (C=O) groups is 1. The quantitative estimate of drug-likeness (QED) is 0.878. The number of halogens is 3. The van der Waals surface area contributed by atoms with Crippen molar-refractivity contribution in [3.05, 3.63) is 35.7 Å². The van der Waals surface area contributed by atoms with Gasteiger partial charge >= 0.3 is 12.2 Å². The first kappa shape index (κ1) is 18.2. The molecule has 9 heteroatoms. The van der Waals surface area contributed by atoms with Crippen LogP contribution in [-0.4, -0.2) is 39.7 Å². The van der Waals surface area contributed by atoms with E-state index in [-0.39, 0.29) is 28.9 Å². The van der Waals surface area contributed by atoms with Gasteiger partial charge in [0.15, 0.2) is 0 Å². The molecule has 26 heavy (non-hydrogen) atoms. The molecule has 2 aromatic rings. The molecule has 1 N–H and O–H groups in total. The maximum atomic E-state index is 12.8. The van der Waals surface area contributed by atoms with Crippen molar-refractivity contribution in [1.82, 2.24) is 20.4 Å². The van der Waals surface area contributed by atoms with Crippen LogP contribution in [0.25, 0.3) is 11.4 Å². The topological polar surface area (TPSA) is 71.3 Å². The van der Waals surface area contributed by atoms with Gasteiger partial charge < -0.3 is 14.7 Å². The third-order valence-corrected chi connectivity index (χ3v) is 3.89. The lowest BCUT2D eigenvalue weighted by Gasteiger charge is -2.38. The van der Waals surface area contributed by atoms with E-state index in [0.29, 0.717) is 19.0 Å². The van der Waals surface area contributed by atoms with E-state index in [9.17, 15) is 18.0 Å². The van der Waals surface area contributed by atoms with Crippen molar-refractivity contribution in [2.75, 3.05) is 13.1 Å². The lowest BCUT2D eigenvalue weighted by atomic mass is 10.0. The summed E-state index contributed by atoms with van der Waals surface area (Å²) in [7, 11) is 0. The first-order valence-electron chi connectivity index (χ1n) is 8.11. The normalized spacial score (nSPS) is 15.7. The molecule has 1 aromatic heterocycles. The summed E-state index contributed by atoms with van der Waals surface area (Å²) in [5.74, 6) is 0.300. The molecule has 0 aliphatic carbocycles. The Morgan fingerprint density at radius 3 is 2.58 bits per heavy atom. The number of alkyl halides is 3. The van der Waals surface area contributed by atoms with Crippen molar-refractivity contribution in [1.29, 1.82) is 0 Å². The van der Waals surface area contributed by atoms with Crippen molar-refractivity contribution in [3.63, 3.8) is 0 Å². The number of urea groups is 1. The van der Waals surface area contributed by atoms with Crippen LogP contribution in [0.1, 0.15) is 38.1 Å². The molecule has 2 heterocycles. The van der Waals surface area contributed by atoms with Gasteiger partial charge in [-0.2, -0.15) is 18.2 Å². The standard InChI is InChI=1S/C17H19F3N4O2/c1-16(2,3)22-15(25)24-8-11(9-24)14-21-13(23-26-14)10-5-4-6-12(7-10)17(18,19)20/h4-7,11H,8-9H2,1-3H3,(H,22,25). The molecule has 1 saturated heterocycles. The fraction of sp³-hybridized carbons (Fsp3) is 0.471. The van der Waals surface area contributed by atoms with Gasteiger partial charge in [0.25, 0.3) is 0 Å². The van der Waals surface area contributed by atoms with Gasteiger partial charge in [-0.1, -0.05) is 17.3 Å². The average Bonchev–Trinajstić information content (AvgIpc) is 2.92. The van der Waals surface area contributed by atoms with Crippen LogP contribution in [-0.2, 0) is 6.18 Å². The molecule has 0 radical (unpaired) electrons. The second-order valence-corrected chi connectivity index (χ2v) is 7.32. The smallest absolute Gasteiger partial charge is 0.339 e. The molecule has 0 saturated carbocycles. The number of aromatic nitrogens is 2. The van der Waals surface area contributed by atoms with Gasteiger partial charge in [0.1, 0.15) is 0 Å². The molecular weight excluding hydrogens is 349 g/mol. The van der Waals surface area contributed by atoms with Crippen molar-refractivity contribution in [2.45, 2.75) is 38.4 Å². The summed E-state index contributed by atoms with van der Waals surface area (Å²) in [5, 5.41) is 6.63. The zero-order valence-corrected chi connectivity index (χ0v) is 14.6. The largest absolute Gasteiger partial charge is 0.416 e. The molecule has 0 atom stereocenters. The van der Waals surface area contributed by atoms with Crippen LogP contribution in [0.4, 0.5) is 18.0 Å². The fourth-order valence-corrected chi connectivity index (χ4v) is 2.55. The highest BCUT2D eigenvalue weighted by Gasteiger charge is 2.37. The number of hydrogen-bond donors (Lipinski definition) is 1. The molecule has 0 bridgehead atoms. The van der Waals surface area contributed by atoms with E-state index in [0.717, 1.165) is 12.1 Å². The summed E-state index contributed by atoms with van der Waals surface area (Å²) in [6, 6.07) is 4.59.